The molecule has 0 bridgehead atoms. The molecule has 1 unspecified atom stereocenters. The van der Waals surface area contributed by atoms with Crippen LogP contribution in [-0.4, -0.2) is 60.0 Å². The fraction of sp³-hybridized carbons (Fsp3) is 0.519. The molecule has 0 aliphatic carbocycles. The minimum Gasteiger partial charge on any atom is -0.350 e. The average molecular weight is 518 g/mol. The zero-order valence-corrected chi connectivity index (χ0v) is 21.6. The third-order valence-corrected chi connectivity index (χ3v) is 6.66. The maximum absolute atomic E-state index is 13.8. The molecule has 37 heavy (non-hydrogen) atoms. The minimum atomic E-state index is -0.801. The molecule has 0 spiro atoms. The number of aromatic nitrogens is 1. The summed E-state index contributed by atoms with van der Waals surface area (Å²) in [5.41, 5.74) is 0.138. The Labute approximate surface area is 217 Å². The fourth-order valence-corrected chi connectivity index (χ4v) is 4.56. The molecule has 1 saturated heterocycles. The van der Waals surface area contributed by atoms with Gasteiger partial charge in [-0.3, -0.25) is 14.4 Å². The molecule has 1 aliphatic rings. The van der Waals surface area contributed by atoms with Crippen LogP contribution in [0.1, 0.15) is 51.5 Å². The number of nitrogens with one attached hydrogen (secondary N) is 1. The molecular weight excluding hydrogens is 479 g/mol. The van der Waals surface area contributed by atoms with E-state index in [0.29, 0.717) is 30.7 Å². The van der Waals surface area contributed by atoms with Gasteiger partial charge in [-0.25, -0.2) is 14.8 Å². The maximum atomic E-state index is 13.8. The number of likely N-dealkylation sites (tertiary alicyclic amines) is 1. The van der Waals surface area contributed by atoms with Gasteiger partial charge in [-0.2, -0.15) is 0 Å². The van der Waals surface area contributed by atoms with Gasteiger partial charge in [-0.15, -0.1) is 0 Å². The topological polar surface area (TPSA) is 95.2 Å². The van der Waals surface area contributed by atoms with Gasteiger partial charge in [-0.1, -0.05) is 50.1 Å². The van der Waals surface area contributed by atoms with E-state index in [1.54, 1.807) is 0 Å². The first-order valence-corrected chi connectivity index (χ1v) is 12.8. The van der Waals surface area contributed by atoms with E-state index in [0.717, 1.165) is 37.4 Å². The lowest BCUT2D eigenvalue weighted by molar-refractivity contribution is -0.894. The quantitative estimate of drug-likeness (QED) is 0.0938. The molecule has 2 atom stereocenters. The predicted octanol–water partition coefficient (Wildman–Crippen LogP) is 3.51. The number of amides is 2. The number of carbonyl (C=O) groups excluding carboxylic acids is 2. The number of benzene rings is 1. The minimum absolute atomic E-state index is 0.0121. The van der Waals surface area contributed by atoms with Crippen molar-refractivity contribution in [1.29, 1.82) is 0 Å². The third kappa shape index (κ3) is 8.13. The Morgan fingerprint density at radius 3 is 2.81 bits per heavy atom. The van der Waals surface area contributed by atoms with Gasteiger partial charge in [0.05, 0.1) is 24.6 Å². The highest BCUT2D eigenvalue weighted by molar-refractivity contribution is 5.83. The molecule has 1 aromatic carbocycles. The van der Waals surface area contributed by atoms with Gasteiger partial charge >= 0.3 is 5.82 Å². The second-order valence-electron chi connectivity index (χ2n) is 9.67. The van der Waals surface area contributed by atoms with Crippen LogP contribution in [0, 0.1) is 11.2 Å². The molecule has 2 N–H and O–H groups in total. The van der Waals surface area contributed by atoms with Gasteiger partial charge < -0.3 is 14.8 Å². The molecule has 2 heterocycles. The molecule has 3 rings (SSSR count). The van der Waals surface area contributed by atoms with Crippen LogP contribution in [0.2, 0.25) is 0 Å². The molecule has 1 aromatic heterocycles. The van der Waals surface area contributed by atoms with Gasteiger partial charge in [0.15, 0.2) is 18.7 Å². The molecule has 2 aromatic rings. The Morgan fingerprint density at radius 2 is 2.11 bits per heavy atom. The number of pyridine rings is 1. The summed E-state index contributed by atoms with van der Waals surface area (Å²) >= 11 is 0. The SMILES string of the molecule is CCCCC(C)(CN(C=O)OCc1ccccc1)C(=O)N1CCC[C@H]1COCNc1ccc(F)c[n+]1O. The van der Waals surface area contributed by atoms with E-state index in [4.69, 9.17) is 9.57 Å². The zero-order valence-electron chi connectivity index (χ0n) is 21.6. The molecular formula is C27H38FN4O5+. The van der Waals surface area contributed by atoms with Crippen LogP contribution in [0.15, 0.2) is 48.7 Å². The standard InChI is InChI=1S/C27H37FN4O5/c1-3-4-14-27(2,19-30(21-33)37-17-22-9-6-5-7-10-22)26(34)31-15-8-11-24(31)18-36-20-29-25-13-12-23(28)16-32(25)35/h5-7,9-10,12-13,16,21,24,35H,3-4,8,11,14-15,17-20H2,1-2H3/p+1/t24-,27?/m0/s1. The maximum Gasteiger partial charge on any atom is 0.315 e. The van der Waals surface area contributed by atoms with E-state index >= 15 is 0 Å². The van der Waals surface area contributed by atoms with E-state index in [-0.39, 0.29) is 37.6 Å². The van der Waals surface area contributed by atoms with Gasteiger partial charge in [0.2, 0.25) is 12.3 Å². The summed E-state index contributed by atoms with van der Waals surface area (Å²) < 4.78 is 19.6. The van der Waals surface area contributed by atoms with Crippen molar-refractivity contribution in [3.63, 3.8) is 0 Å². The van der Waals surface area contributed by atoms with Gasteiger partial charge in [-0.05, 0) is 42.5 Å². The summed E-state index contributed by atoms with van der Waals surface area (Å²) in [5, 5.41) is 13.9. The number of anilines is 1. The van der Waals surface area contributed by atoms with Crippen LogP contribution in [0.3, 0.4) is 0 Å². The molecule has 0 saturated carbocycles. The summed E-state index contributed by atoms with van der Waals surface area (Å²) in [6.07, 6.45) is 5.69. The number of nitrogens with zero attached hydrogens (tertiary/aromatic N) is 3. The normalized spacial score (nSPS) is 16.8. The van der Waals surface area contributed by atoms with Crippen molar-refractivity contribution in [2.75, 3.05) is 31.7 Å². The van der Waals surface area contributed by atoms with Crippen molar-refractivity contribution in [2.45, 2.75) is 58.6 Å². The first kappa shape index (κ1) is 28.3. The van der Waals surface area contributed by atoms with Crippen molar-refractivity contribution in [1.82, 2.24) is 9.96 Å². The first-order valence-electron chi connectivity index (χ1n) is 12.8. The molecule has 9 nitrogen and oxygen atoms in total. The van der Waals surface area contributed by atoms with Gasteiger partial charge in [0.25, 0.3) is 0 Å². The number of halogens is 1. The van der Waals surface area contributed by atoms with Crippen molar-refractivity contribution < 1.29 is 33.5 Å². The molecule has 202 valence electrons. The average Bonchev–Trinajstić information content (AvgIpc) is 3.37. The van der Waals surface area contributed by atoms with Crippen molar-refractivity contribution in [3.05, 3.63) is 60.0 Å². The fourth-order valence-electron chi connectivity index (χ4n) is 4.56. The summed E-state index contributed by atoms with van der Waals surface area (Å²) in [7, 11) is 0. The highest BCUT2D eigenvalue weighted by Crippen LogP contribution is 2.32. The Bertz CT molecular complexity index is 1010. The number of unbranched alkanes of at least 4 members (excludes halogenated alkanes) is 1. The van der Waals surface area contributed by atoms with E-state index in [2.05, 4.69) is 12.2 Å². The molecule has 10 heteroatoms. The van der Waals surface area contributed by atoms with Crippen molar-refractivity contribution >= 4 is 18.1 Å². The number of hydroxylamine groups is 2. The van der Waals surface area contributed by atoms with Crippen molar-refractivity contribution in [3.8, 4) is 0 Å². The summed E-state index contributed by atoms with van der Waals surface area (Å²) in [5.74, 6) is -0.280. The lowest BCUT2D eigenvalue weighted by atomic mass is 9.82. The Morgan fingerprint density at radius 1 is 1.32 bits per heavy atom. The summed E-state index contributed by atoms with van der Waals surface area (Å²) in [4.78, 5) is 33.3. The first-order chi connectivity index (χ1) is 17.9. The number of hydrogen-bond donors (Lipinski definition) is 2. The predicted molar refractivity (Wildman–Crippen MR) is 135 cm³/mol. The van der Waals surface area contributed by atoms with Crippen LogP contribution in [0.25, 0.3) is 0 Å². The molecule has 2 amide bonds. The summed E-state index contributed by atoms with van der Waals surface area (Å²) in [6, 6.07) is 12.1. The van der Waals surface area contributed by atoms with Crippen LogP contribution in [-0.2, 0) is 25.8 Å². The molecule has 1 aliphatic heterocycles. The zero-order chi connectivity index (χ0) is 26.7. The lowest BCUT2D eigenvalue weighted by Crippen LogP contribution is -2.50. The van der Waals surface area contributed by atoms with Crippen LogP contribution >= 0.6 is 0 Å². The Hall–Kier alpha value is -3.24. The number of rotatable bonds is 15. The van der Waals surface area contributed by atoms with Crippen LogP contribution in [0.5, 0.6) is 0 Å². The second kappa shape index (κ2) is 13.9. The highest BCUT2D eigenvalue weighted by Gasteiger charge is 2.42. The number of hydrogen-bond acceptors (Lipinski definition) is 6. The molecule has 1 fully saturated rings. The highest BCUT2D eigenvalue weighted by atomic mass is 19.1. The van der Waals surface area contributed by atoms with Crippen molar-refractivity contribution in [2.24, 2.45) is 5.41 Å². The van der Waals surface area contributed by atoms with E-state index in [9.17, 15) is 19.2 Å². The van der Waals surface area contributed by atoms with Crippen LogP contribution in [0.4, 0.5) is 10.2 Å². The smallest absolute Gasteiger partial charge is 0.315 e. The monoisotopic (exact) mass is 517 g/mol. The Balaban J connectivity index is 1.59. The Kier molecular flexibility index (Phi) is 10.6. The van der Waals surface area contributed by atoms with E-state index in [1.165, 1.54) is 17.2 Å². The number of ether oxygens (including phenoxy) is 1. The van der Waals surface area contributed by atoms with E-state index in [1.807, 2.05) is 42.2 Å². The lowest BCUT2D eigenvalue weighted by Gasteiger charge is -2.37. The van der Waals surface area contributed by atoms with E-state index < -0.39 is 11.2 Å². The largest absolute Gasteiger partial charge is 0.350 e. The second-order valence-corrected chi connectivity index (χ2v) is 9.67. The van der Waals surface area contributed by atoms with Gasteiger partial charge in [0.1, 0.15) is 6.61 Å². The number of carbonyl (C=O) groups is 2. The van der Waals surface area contributed by atoms with Crippen LogP contribution < -0.4 is 10.0 Å². The molecule has 0 radical (unpaired) electrons. The third-order valence-electron chi connectivity index (χ3n) is 6.66. The van der Waals surface area contributed by atoms with Gasteiger partial charge in [0, 0.05) is 12.6 Å². The summed E-state index contributed by atoms with van der Waals surface area (Å²) in [6.45, 7) is 5.41.